The Labute approximate surface area is 189 Å². The first-order chi connectivity index (χ1) is 15.1. The molecule has 0 aliphatic heterocycles. The fraction of sp³-hybridized carbons (Fsp3) is 0.136. The van der Waals surface area contributed by atoms with Crippen LogP contribution in [0.4, 0.5) is 31.5 Å². The van der Waals surface area contributed by atoms with Crippen LogP contribution in [-0.4, -0.2) is 26.3 Å². The van der Waals surface area contributed by atoms with Gasteiger partial charge in [-0.1, -0.05) is 30.0 Å². The normalized spacial score (nSPS) is 11.3. The van der Waals surface area contributed by atoms with E-state index in [4.69, 9.17) is 0 Å². The number of anilines is 4. The van der Waals surface area contributed by atoms with Gasteiger partial charge in [0.15, 0.2) is 0 Å². The molecule has 3 N–H and O–H groups in total. The molecule has 0 unspecified atom stereocenters. The van der Waals surface area contributed by atoms with Crippen LogP contribution in [0.2, 0.25) is 0 Å². The number of rotatable bonds is 8. The minimum Gasteiger partial charge on any atom is -0.355 e. The lowest BCUT2D eigenvalue weighted by molar-refractivity contribution is 0.102. The van der Waals surface area contributed by atoms with Crippen molar-refractivity contribution in [2.24, 2.45) is 0 Å². The second-order valence-electron chi connectivity index (χ2n) is 6.93. The number of sulfonamides is 1. The van der Waals surface area contributed by atoms with Gasteiger partial charge >= 0.3 is 0 Å². The molecule has 0 aliphatic carbocycles. The lowest BCUT2D eigenvalue weighted by Crippen LogP contribution is -2.15. The summed E-state index contributed by atoms with van der Waals surface area (Å²) in [5.41, 5.74) is 3.04. The summed E-state index contributed by atoms with van der Waals surface area (Å²) >= 11 is 0.460. The van der Waals surface area contributed by atoms with Gasteiger partial charge in [0.25, 0.3) is 11.7 Å². The van der Waals surface area contributed by atoms with Gasteiger partial charge in [-0.15, -0.1) is 0 Å². The number of nitrogens with one attached hydrogen (secondary N) is 3. The molecular weight excluding hydrogens is 456 g/mol. The van der Waals surface area contributed by atoms with Crippen molar-refractivity contribution in [1.29, 1.82) is 0 Å². The van der Waals surface area contributed by atoms with Crippen molar-refractivity contribution in [2.75, 3.05) is 21.6 Å². The van der Waals surface area contributed by atoms with Crippen molar-refractivity contribution in [3.05, 3.63) is 77.9 Å². The summed E-state index contributed by atoms with van der Waals surface area (Å²) in [4.78, 5) is 13.3. The maximum Gasteiger partial charge on any atom is 0.288 e. The molecule has 0 radical (unpaired) electrons. The Bertz CT molecular complexity index is 1220. The van der Waals surface area contributed by atoms with Gasteiger partial charge in [0.05, 0.1) is 23.2 Å². The van der Waals surface area contributed by atoms with Gasteiger partial charge in [-0.2, -0.15) is 8.78 Å². The number of hydrogen-bond acceptors (Lipinski definition) is 5. The van der Waals surface area contributed by atoms with Crippen molar-refractivity contribution in [1.82, 2.24) is 0 Å². The first-order valence-corrected chi connectivity index (χ1v) is 12.2. The maximum absolute atomic E-state index is 12.9. The van der Waals surface area contributed by atoms with Gasteiger partial charge in [-0.3, -0.25) is 9.52 Å². The van der Waals surface area contributed by atoms with Crippen molar-refractivity contribution in [2.45, 2.75) is 17.6 Å². The zero-order chi connectivity index (χ0) is 23.3. The van der Waals surface area contributed by atoms with E-state index >= 15 is 0 Å². The van der Waals surface area contributed by atoms with E-state index in [1.54, 1.807) is 73.7 Å². The van der Waals surface area contributed by atoms with E-state index in [9.17, 15) is 22.0 Å². The number of hydrogen-bond donors (Lipinski definition) is 3. The summed E-state index contributed by atoms with van der Waals surface area (Å²) < 4.78 is 50.5. The van der Waals surface area contributed by atoms with Crippen molar-refractivity contribution < 1.29 is 22.0 Å². The van der Waals surface area contributed by atoms with Crippen molar-refractivity contribution in [3.63, 3.8) is 0 Å². The third kappa shape index (κ3) is 6.69. The minimum absolute atomic E-state index is 0.358. The molecule has 168 valence electrons. The number of alkyl halides is 2. The monoisotopic (exact) mass is 477 g/mol. The molecule has 0 saturated carbocycles. The molecule has 0 heterocycles. The first kappa shape index (κ1) is 23.6. The Morgan fingerprint density at radius 1 is 0.938 bits per heavy atom. The maximum atomic E-state index is 12.9. The summed E-state index contributed by atoms with van der Waals surface area (Å²) in [7, 11) is -3.46. The van der Waals surface area contributed by atoms with Gasteiger partial charge in [-0.05, 0) is 61.0 Å². The first-order valence-electron chi connectivity index (χ1n) is 9.41. The average Bonchev–Trinajstić information content (AvgIpc) is 2.71. The Hall–Kier alpha value is -3.11. The summed E-state index contributed by atoms with van der Waals surface area (Å²) in [6.45, 7) is 1.75. The third-order valence-corrected chi connectivity index (χ3v) is 5.63. The van der Waals surface area contributed by atoms with Crippen LogP contribution in [0, 0.1) is 6.92 Å². The molecule has 6 nitrogen and oxygen atoms in total. The topological polar surface area (TPSA) is 87.3 Å². The molecule has 0 saturated heterocycles. The fourth-order valence-corrected chi connectivity index (χ4v) is 3.99. The van der Waals surface area contributed by atoms with E-state index in [0.29, 0.717) is 50.5 Å². The third-order valence-electron chi connectivity index (χ3n) is 4.32. The van der Waals surface area contributed by atoms with Crippen molar-refractivity contribution in [3.8, 4) is 0 Å². The molecular formula is C22H21F2N3O3S2. The van der Waals surface area contributed by atoms with E-state index < -0.39 is 21.7 Å². The zero-order valence-electron chi connectivity index (χ0n) is 17.2. The van der Waals surface area contributed by atoms with Crippen LogP contribution in [0.25, 0.3) is 0 Å². The Balaban J connectivity index is 1.78. The summed E-state index contributed by atoms with van der Waals surface area (Å²) in [6, 6.07) is 18.2. The number of carbonyl (C=O) groups excluding carboxylic acids is 1. The molecule has 1 amide bonds. The highest BCUT2D eigenvalue weighted by Gasteiger charge is 2.13. The molecule has 32 heavy (non-hydrogen) atoms. The largest absolute Gasteiger partial charge is 0.355 e. The minimum atomic E-state index is -3.46. The van der Waals surface area contributed by atoms with E-state index in [1.165, 1.54) is 0 Å². The van der Waals surface area contributed by atoms with E-state index in [2.05, 4.69) is 15.4 Å². The number of halogens is 2. The molecule has 3 aromatic carbocycles. The lowest BCUT2D eigenvalue weighted by Gasteiger charge is -2.14. The van der Waals surface area contributed by atoms with Crippen LogP contribution < -0.4 is 15.4 Å². The molecule has 0 fully saturated rings. The van der Waals surface area contributed by atoms with Gasteiger partial charge in [0.1, 0.15) is 0 Å². The van der Waals surface area contributed by atoms with E-state index in [-0.39, 0.29) is 0 Å². The second kappa shape index (κ2) is 10.0. The molecule has 0 atom stereocenters. The van der Waals surface area contributed by atoms with Gasteiger partial charge in [0, 0.05) is 16.3 Å². The van der Waals surface area contributed by atoms with E-state index in [0.717, 1.165) is 6.26 Å². The molecule has 0 spiro atoms. The number of thioether (sulfide) groups is 1. The van der Waals surface area contributed by atoms with Crippen LogP contribution in [0.3, 0.4) is 0 Å². The van der Waals surface area contributed by atoms with Crippen molar-refractivity contribution >= 4 is 50.4 Å². The highest BCUT2D eigenvalue weighted by Crippen LogP contribution is 2.28. The summed E-state index contributed by atoms with van der Waals surface area (Å²) in [6.07, 6.45) is 1.05. The predicted octanol–water partition coefficient (Wildman–Crippen LogP) is 5.68. The molecule has 0 aromatic heterocycles. The highest BCUT2D eigenvalue weighted by atomic mass is 32.2. The number of para-hydroxylation sites is 1. The zero-order valence-corrected chi connectivity index (χ0v) is 18.9. The SMILES string of the molecule is Cc1ccc(NC(=O)c2ccccc2Nc2ccc(SC(F)F)cc2)cc1NS(C)(=O)=O. The molecule has 0 aliphatic rings. The van der Waals surface area contributed by atoms with Gasteiger partial charge < -0.3 is 10.6 Å². The second-order valence-corrected chi connectivity index (χ2v) is 9.74. The van der Waals surface area contributed by atoms with Crippen LogP contribution >= 0.6 is 11.8 Å². The predicted molar refractivity (Wildman–Crippen MR) is 126 cm³/mol. The Morgan fingerprint density at radius 2 is 1.59 bits per heavy atom. The molecule has 3 aromatic rings. The van der Waals surface area contributed by atoms with Crippen LogP contribution in [0.5, 0.6) is 0 Å². The number of carbonyl (C=O) groups is 1. The summed E-state index contributed by atoms with van der Waals surface area (Å²) in [5, 5.41) is 5.89. The quantitative estimate of drug-likeness (QED) is 0.364. The smallest absolute Gasteiger partial charge is 0.288 e. The van der Waals surface area contributed by atoms with Gasteiger partial charge in [0.2, 0.25) is 10.0 Å². The Morgan fingerprint density at radius 3 is 2.25 bits per heavy atom. The lowest BCUT2D eigenvalue weighted by atomic mass is 10.1. The van der Waals surface area contributed by atoms with E-state index in [1.807, 2.05) is 0 Å². The van der Waals surface area contributed by atoms with Crippen LogP contribution in [-0.2, 0) is 10.0 Å². The average molecular weight is 478 g/mol. The number of amides is 1. The molecule has 3 rings (SSSR count). The number of benzene rings is 3. The number of aryl methyl sites for hydroxylation is 1. The fourth-order valence-electron chi connectivity index (χ4n) is 2.87. The van der Waals surface area contributed by atoms with Crippen LogP contribution in [0.1, 0.15) is 15.9 Å². The standard InChI is InChI=1S/C22H21F2N3O3S2/c1-14-7-8-16(13-20(14)27-32(2,29)30)26-21(28)18-5-3-4-6-19(18)25-15-9-11-17(12-10-15)31-22(23)24/h3-13,22,25,27H,1-2H3,(H,26,28). The summed E-state index contributed by atoms with van der Waals surface area (Å²) in [5.74, 6) is -2.89. The van der Waals surface area contributed by atoms with Crippen LogP contribution in [0.15, 0.2) is 71.6 Å². The molecule has 10 heteroatoms. The van der Waals surface area contributed by atoms with Gasteiger partial charge in [-0.25, -0.2) is 8.42 Å². The molecule has 0 bridgehead atoms. The highest BCUT2D eigenvalue weighted by molar-refractivity contribution is 7.99. The Kier molecular flexibility index (Phi) is 7.37.